The number of hydrogen-bond donors (Lipinski definition) is 2. The van der Waals surface area contributed by atoms with Crippen LogP contribution in [0.15, 0.2) is 30.3 Å². The number of nitrogens with zero attached hydrogens (tertiary/aromatic N) is 1. The van der Waals surface area contributed by atoms with E-state index in [0.717, 1.165) is 12.0 Å². The van der Waals surface area contributed by atoms with Crippen molar-refractivity contribution in [2.75, 3.05) is 19.6 Å². The van der Waals surface area contributed by atoms with E-state index in [1.165, 1.54) is 4.90 Å². The van der Waals surface area contributed by atoms with E-state index >= 15 is 0 Å². The summed E-state index contributed by atoms with van der Waals surface area (Å²) in [5.74, 6) is -0.320. The first-order chi connectivity index (χ1) is 8.68. The molecule has 2 rings (SSSR count). The molecule has 5 heteroatoms. The molecule has 1 fully saturated rings. The van der Waals surface area contributed by atoms with Gasteiger partial charge in [0.05, 0.1) is 6.54 Å². The number of benzene rings is 1. The molecule has 0 aliphatic carbocycles. The second-order valence-corrected chi connectivity index (χ2v) is 4.35. The van der Waals surface area contributed by atoms with Gasteiger partial charge in [-0.3, -0.25) is 9.59 Å². The third kappa shape index (κ3) is 2.87. The van der Waals surface area contributed by atoms with Crippen LogP contribution in [0.3, 0.4) is 0 Å². The number of nitrogens with one attached hydrogen (secondary N) is 1. The topological polar surface area (TPSA) is 75.4 Å². The van der Waals surface area contributed by atoms with E-state index < -0.39 is 6.04 Å². The minimum absolute atomic E-state index is 0.0966. The fraction of sp³-hybridized carbons (Fsp3) is 0.385. The molecule has 5 nitrogen and oxygen atoms in total. The predicted molar refractivity (Wildman–Crippen MR) is 67.6 cm³/mol. The molecule has 1 aromatic carbocycles. The number of carbonyl (C=O) groups excluding carboxylic acids is 2. The predicted octanol–water partition coefficient (Wildman–Crippen LogP) is 0.0349. The van der Waals surface area contributed by atoms with Crippen LogP contribution in [0.4, 0.5) is 0 Å². The summed E-state index contributed by atoms with van der Waals surface area (Å²) < 4.78 is 0. The van der Waals surface area contributed by atoms with Crippen LogP contribution in [0.2, 0.25) is 0 Å². The van der Waals surface area contributed by atoms with Gasteiger partial charge in [-0.05, 0) is 12.0 Å². The zero-order chi connectivity index (χ0) is 13.0. The third-order valence-corrected chi connectivity index (χ3v) is 3.00. The van der Waals surface area contributed by atoms with Crippen molar-refractivity contribution in [2.24, 2.45) is 5.73 Å². The van der Waals surface area contributed by atoms with Gasteiger partial charge in [0.2, 0.25) is 11.8 Å². The SMILES string of the molecule is N[C@@H](C(=O)N1CCCNC(=O)C1)c1ccccc1. The molecule has 0 saturated carbocycles. The Bertz CT molecular complexity index is 433. The quantitative estimate of drug-likeness (QED) is 0.774. The van der Waals surface area contributed by atoms with Crippen molar-refractivity contribution >= 4 is 11.8 Å². The highest BCUT2D eigenvalue weighted by Crippen LogP contribution is 2.13. The van der Waals surface area contributed by atoms with Crippen molar-refractivity contribution in [3.63, 3.8) is 0 Å². The number of rotatable bonds is 2. The monoisotopic (exact) mass is 247 g/mol. The molecule has 1 saturated heterocycles. The molecule has 0 radical (unpaired) electrons. The first-order valence-corrected chi connectivity index (χ1v) is 6.04. The van der Waals surface area contributed by atoms with Gasteiger partial charge in [-0.2, -0.15) is 0 Å². The highest BCUT2D eigenvalue weighted by molar-refractivity contribution is 5.88. The highest BCUT2D eigenvalue weighted by atomic mass is 16.2. The van der Waals surface area contributed by atoms with Crippen LogP contribution in [0, 0.1) is 0 Å². The Morgan fingerprint density at radius 1 is 1.33 bits per heavy atom. The second kappa shape index (κ2) is 5.64. The molecule has 1 aromatic rings. The molecule has 0 bridgehead atoms. The molecular weight excluding hydrogens is 230 g/mol. The molecule has 96 valence electrons. The van der Waals surface area contributed by atoms with Gasteiger partial charge in [0.1, 0.15) is 6.04 Å². The molecule has 1 heterocycles. The van der Waals surface area contributed by atoms with Crippen LogP contribution >= 0.6 is 0 Å². The Labute approximate surface area is 106 Å². The van der Waals surface area contributed by atoms with Crippen molar-refractivity contribution in [3.8, 4) is 0 Å². The Morgan fingerprint density at radius 3 is 2.78 bits per heavy atom. The average Bonchev–Trinajstić information content (AvgIpc) is 2.63. The van der Waals surface area contributed by atoms with E-state index in [1.54, 1.807) is 0 Å². The fourth-order valence-corrected chi connectivity index (χ4v) is 1.99. The number of carbonyl (C=O) groups is 2. The summed E-state index contributed by atoms with van der Waals surface area (Å²) in [6, 6.07) is 8.51. The summed E-state index contributed by atoms with van der Waals surface area (Å²) in [6.07, 6.45) is 0.763. The number of hydrogen-bond acceptors (Lipinski definition) is 3. The number of amides is 2. The summed E-state index contributed by atoms with van der Waals surface area (Å²) >= 11 is 0. The lowest BCUT2D eigenvalue weighted by atomic mass is 10.1. The van der Waals surface area contributed by atoms with Gasteiger partial charge in [0.15, 0.2) is 0 Å². The summed E-state index contributed by atoms with van der Waals surface area (Å²) in [4.78, 5) is 25.2. The minimum Gasteiger partial charge on any atom is -0.354 e. The molecule has 3 N–H and O–H groups in total. The van der Waals surface area contributed by atoms with Crippen molar-refractivity contribution in [1.82, 2.24) is 10.2 Å². The van der Waals surface area contributed by atoms with Crippen molar-refractivity contribution in [1.29, 1.82) is 0 Å². The fourth-order valence-electron chi connectivity index (χ4n) is 1.99. The lowest BCUT2D eigenvalue weighted by Gasteiger charge is -2.23. The van der Waals surface area contributed by atoms with Gasteiger partial charge in [-0.15, -0.1) is 0 Å². The lowest BCUT2D eigenvalue weighted by molar-refractivity contribution is -0.136. The number of nitrogens with two attached hydrogens (primary N) is 1. The van der Waals surface area contributed by atoms with Crippen LogP contribution in [-0.2, 0) is 9.59 Å². The van der Waals surface area contributed by atoms with Crippen LogP contribution in [0.25, 0.3) is 0 Å². The normalized spacial score (nSPS) is 17.8. The molecule has 0 aromatic heterocycles. The maximum absolute atomic E-state index is 12.2. The van der Waals surface area contributed by atoms with Gasteiger partial charge < -0.3 is 16.0 Å². The van der Waals surface area contributed by atoms with Crippen molar-refractivity contribution in [3.05, 3.63) is 35.9 Å². The van der Waals surface area contributed by atoms with E-state index in [-0.39, 0.29) is 18.4 Å². The molecule has 1 atom stereocenters. The van der Waals surface area contributed by atoms with Crippen LogP contribution < -0.4 is 11.1 Å². The standard InChI is InChI=1S/C13H17N3O2/c14-12(10-5-2-1-3-6-10)13(18)16-8-4-7-15-11(17)9-16/h1-3,5-6,12H,4,7-9,14H2,(H,15,17)/t12-/m1/s1. The smallest absolute Gasteiger partial charge is 0.244 e. The van der Waals surface area contributed by atoms with Gasteiger partial charge in [0.25, 0.3) is 0 Å². The van der Waals surface area contributed by atoms with Gasteiger partial charge in [-0.25, -0.2) is 0 Å². The summed E-state index contributed by atoms with van der Waals surface area (Å²) in [6.45, 7) is 1.28. The highest BCUT2D eigenvalue weighted by Gasteiger charge is 2.25. The molecule has 18 heavy (non-hydrogen) atoms. The largest absolute Gasteiger partial charge is 0.354 e. The van der Waals surface area contributed by atoms with E-state index in [4.69, 9.17) is 5.73 Å². The average molecular weight is 247 g/mol. The zero-order valence-corrected chi connectivity index (χ0v) is 10.1. The van der Waals surface area contributed by atoms with Crippen molar-refractivity contribution < 1.29 is 9.59 Å². The van der Waals surface area contributed by atoms with E-state index in [0.29, 0.717) is 13.1 Å². The maximum atomic E-state index is 12.2. The second-order valence-electron chi connectivity index (χ2n) is 4.35. The zero-order valence-electron chi connectivity index (χ0n) is 10.1. The Kier molecular flexibility index (Phi) is 3.94. The van der Waals surface area contributed by atoms with E-state index in [1.807, 2.05) is 30.3 Å². The van der Waals surface area contributed by atoms with E-state index in [9.17, 15) is 9.59 Å². The summed E-state index contributed by atoms with van der Waals surface area (Å²) in [5, 5.41) is 2.73. The van der Waals surface area contributed by atoms with Crippen LogP contribution in [0.5, 0.6) is 0 Å². The summed E-state index contributed by atoms with van der Waals surface area (Å²) in [5.41, 5.74) is 6.71. The lowest BCUT2D eigenvalue weighted by Crippen LogP contribution is -2.42. The Morgan fingerprint density at radius 2 is 2.06 bits per heavy atom. The molecule has 2 amide bonds. The van der Waals surface area contributed by atoms with Crippen LogP contribution in [-0.4, -0.2) is 36.3 Å². The Balaban J connectivity index is 2.08. The third-order valence-electron chi connectivity index (χ3n) is 3.00. The molecule has 0 unspecified atom stereocenters. The first kappa shape index (κ1) is 12.6. The molecular formula is C13H17N3O2. The maximum Gasteiger partial charge on any atom is 0.244 e. The van der Waals surface area contributed by atoms with Crippen LogP contribution in [0.1, 0.15) is 18.0 Å². The van der Waals surface area contributed by atoms with E-state index in [2.05, 4.69) is 5.32 Å². The molecule has 1 aliphatic heterocycles. The summed E-state index contributed by atoms with van der Waals surface area (Å²) in [7, 11) is 0. The first-order valence-electron chi connectivity index (χ1n) is 6.04. The Hall–Kier alpha value is -1.88. The molecule has 0 spiro atoms. The van der Waals surface area contributed by atoms with Gasteiger partial charge in [-0.1, -0.05) is 30.3 Å². The van der Waals surface area contributed by atoms with Gasteiger partial charge in [0, 0.05) is 13.1 Å². The minimum atomic E-state index is -0.697. The van der Waals surface area contributed by atoms with Gasteiger partial charge >= 0.3 is 0 Å². The van der Waals surface area contributed by atoms with Crippen molar-refractivity contribution in [2.45, 2.75) is 12.5 Å². The molecule has 1 aliphatic rings.